The van der Waals surface area contributed by atoms with Gasteiger partial charge in [0.05, 0.1) is 4.47 Å². The molecule has 1 aliphatic rings. The standard InChI is InChI=1S/C15H23BrN2/c1-10(2)12-6-4-5-7-14(12)18-15-13(16)8-11(3)9-17-15/h8-10,12,14H,4-7H2,1-3H3,(H,17,18). The van der Waals surface area contributed by atoms with Crippen LogP contribution in [0.1, 0.15) is 45.1 Å². The smallest absolute Gasteiger partial charge is 0.140 e. The maximum atomic E-state index is 4.51. The number of hydrogen-bond acceptors (Lipinski definition) is 2. The number of aromatic nitrogens is 1. The summed E-state index contributed by atoms with van der Waals surface area (Å²) in [5, 5.41) is 3.65. The number of nitrogens with one attached hydrogen (secondary N) is 1. The Labute approximate surface area is 119 Å². The molecular formula is C15H23BrN2. The second-order valence-electron chi connectivity index (χ2n) is 5.79. The van der Waals surface area contributed by atoms with Gasteiger partial charge in [0.15, 0.2) is 0 Å². The van der Waals surface area contributed by atoms with E-state index in [-0.39, 0.29) is 0 Å². The van der Waals surface area contributed by atoms with E-state index in [9.17, 15) is 0 Å². The molecule has 1 saturated carbocycles. The van der Waals surface area contributed by atoms with Crippen LogP contribution in [0.15, 0.2) is 16.7 Å². The van der Waals surface area contributed by atoms with Crippen molar-refractivity contribution in [1.82, 2.24) is 4.98 Å². The van der Waals surface area contributed by atoms with Crippen LogP contribution in [-0.4, -0.2) is 11.0 Å². The first-order valence-electron chi connectivity index (χ1n) is 6.96. The molecule has 2 rings (SSSR count). The van der Waals surface area contributed by atoms with Crippen LogP contribution in [0.25, 0.3) is 0 Å². The third-order valence-electron chi connectivity index (χ3n) is 3.98. The fraction of sp³-hybridized carbons (Fsp3) is 0.667. The minimum atomic E-state index is 0.574. The highest BCUT2D eigenvalue weighted by atomic mass is 79.9. The molecule has 0 radical (unpaired) electrons. The molecule has 0 spiro atoms. The summed E-state index contributed by atoms with van der Waals surface area (Å²) < 4.78 is 1.08. The molecule has 1 aliphatic carbocycles. The number of rotatable bonds is 3. The SMILES string of the molecule is Cc1cnc(NC2CCCCC2C(C)C)c(Br)c1. The van der Waals surface area contributed by atoms with Crippen LogP contribution in [0, 0.1) is 18.8 Å². The Kier molecular flexibility index (Phi) is 4.66. The zero-order valence-corrected chi connectivity index (χ0v) is 13.1. The molecule has 100 valence electrons. The normalized spacial score (nSPS) is 24.3. The maximum Gasteiger partial charge on any atom is 0.140 e. The van der Waals surface area contributed by atoms with E-state index in [1.165, 1.54) is 31.2 Å². The third-order valence-corrected chi connectivity index (χ3v) is 4.58. The van der Waals surface area contributed by atoms with E-state index < -0.39 is 0 Å². The Morgan fingerprint density at radius 2 is 2.06 bits per heavy atom. The van der Waals surface area contributed by atoms with Crippen LogP contribution < -0.4 is 5.32 Å². The van der Waals surface area contributed by atoms with Crippen molar-refractivity contribution < 1.29 is 0 Å². The van der Waals surface area contributed by atoms with E-state index in [0.29, 0.717) is 6.04 Å². The van der Waals surface area contributed by atoms with Crippen LogP contribution in [-0.2, 0) is 0 Å². The fourth-order valence-electron chi connectivity index (χ4n) is 2.95. The number of pyridine rings is 1. The Balaban J connectivity index is 2.11. The molecule has 1 N–H and O–H groups in total. The lowest BCUT2D eigenvalue weighted by atomic mass is 9.78. The monoisotopic (exact) mass is 310 g/mol. The molecule has 0 bridgehead atoms. The van der Waals surface area contributed by atoms with E-state index in [0.717, 1.165) is 22.1 Å². The number of hydrogen-bond donors (Lipinski definition) is 1. The van der Waals surface area contributed by atoms with Crippen LogP contribution in [0.4, 0.5) is 5.82 Å². The van der Waals surface area contributed by atoms with Crippen molar-refractivity contribution in [3.8, 4) is 0 Å². The zero-order chi connectivity index (χ0) is 13.1. The van der Waals surface area contributed by atoms with Gasteiger partial charge in [0.1, 0.15) is 5.82 Å². The molecule has 1 aromatic heterocycles. The van der Waals surface area contributed by atoms with Crippen molar-refractivity contribution in [2.75, 3.05) is 5.32 Å². The molecule has 1 aromatic rings. The average Bonchev–Trinajstić information content (AvgIpc) is 2.33. The average molecular weight is 311 g/mol. The molecule has 0 saturated heterocycles. The molecule has 0 amide bonds. The quantitative estimate of drug-likeness (QED) is 0.869. The van der Waals surface area contributed by atoms with Crippen LogP contribution >= 0.6 is 15.9 Å². The molecule has 1 heterocycles. The van der Waals surface area contributed by atoms with E-state index in [1.807, 2.05) is 6.20 Å². The van der Waals surface area contributed by atoms with E-state index in [1.54, 1.807) is 0 Å². The zero-order valence-electron chi connectivity index (χ0n) is 11.5. The molecular weight excluding hydrogens is 288 g/mol. The number of anilines is 1. The van der Waals surface area contributed by atoms with Crippen LogP contribution in [0.5, 0.6) is 0 Å². The summed E-state index contributed by atoms with van der Waals surface area (Å²) in [7, 11) is 0. The molecule has 0 aromatic carbocycles. The Hall–Kier alpha value is -0.570. The molecule has 2 unspecified atom stereocenters. The summed E-state index contributed by atoms with van der Waals surface area (Å²) in [6, 6.07) is 2.70. The highest BCUT2D eigenvalue weighted by Gasteiger charge is 2.27. The highest BCUT2D eigenvalue weighted by molar-refractivity contribution is 9.10. The van der Waals surface area contributed by atoms with E-state index in [2.05, 4.69) is 53.1 Å². The summed E-state index contributed by atoms with van der Waals surface area (Å²) in [4.78, 5) is 4.51. The molecule has 0 aliphatic heterocycles. The van der Waals surface area contributed by atoms with Crippen molar-refractivity contribution in [3.63, 3.8) is 0 Å². The molecule has 2 atom stereocenters. The van der Waals surface area contributed by atoms with E-state index >= 15 is 0 Å². The lowest BCUT2D eigenvalue weighted by molar-refractivity contribution is 0.253. The lowest BCUT2D eigenvalue weighted by Crippen LogP contribution is -2.35. The highest BCUT2D eigenvalue weighted by Crippen LogP contribution is 2.33. The van der Waals surface area contributed by atoms with Crippen molar-refractivity contribution >= 4 is 21.7 Å². The van der Waals surface area contributed by atoms with Crippen LogP contribution in [0.3, 0.4) is 0 Å². The Bertz CT molecular complexity index is 403. The Morgan fingerprint density at radius 3 is 2.72 bits per heavy atom. The van der Waals surface area contributed by atoms with Gasteiger partial charge in [0.2, 0.25) is 0 Å². The fourth-order valence-corrected chi connectivity index (χ4v) is 3.53. The predicted octanol–water partition coefficient (Wildman–Crippen LogP) is 4.78. The minimum Gasteiger partial charge on any atom is -0.366 e. The lowest BCUT2D eigenvalue weighted by Gasteiger charge is -2.35. The number of nitrogens with zero attached hydrogens (tertiary/aromatic N) is 1. The van der Waals surface area contributed by atoms with Gasteiger partial charge in [-0.05, 0) is 59.2 Å². The topological polar surface area (TPSA) is 24.9 Å². The predicted molar refractivity (Wildman–Crippen MR) is 80.9 cm³/mol. The molecule has 3 heteroatoms. The summed E-state index contributed by atoms with van der Waals surface area (Å²) in [6.07, 6.45) is 7.26. The minimum absolute atomic E-state index is 0.574. The molecule has 2 nitrogen and oxygen atoms in total. The maximum absolute atomic E-state index is 4.51. The summed E-state index contributed by atoms with van der Waals surface area (Å²) >= 11 is 3.61. The second kappa shape index (κ2) is 6.05. The first kappa shape index (κ1) is 13.9. The molecule has 18 heavy (non-hydrogen) atoms. The second-order valence-corrected chi connectivity index (χ2v) is 6.64. The summed E-state index contributed by atoms with van der Waals surface area (Å²) in [5.41, 5.74) is 1.19. The van der Waals surface area contributed by atoms with Crippen molar-refractivity contribution in [3.05, 3.63) is 22.3 Å². The summed E-state index contributed by atoms with van der Waals surface area (Å²) in [5.74, 6) is 2.51. The van der Waals surface area contributed by atoms with Crippen molar-refractivity contribution in [2.45, 2.75) is 52.5 Å². The van der Waals surface area contributed by atoms with Gasteiger partial charge in [-0.2, -0.15) is 0 Å². The van der Waals surface area contributed by atoms with Crippen LogP contribution in [0.2, 0.25) is 0 Å². The number of aryl methyl sites for hydroxylation is 1. The van der Waals surface area contributed by atoms with Crippen molar-refractivity contribution in [2.24, 2.45) is 11.8 Å². The third kappa shape index (κ3) is 3.25. The van der Waals surface area contributed by atoms with E-state index in [4.69, 9.17) is 0 Å². The first-order chi connectivity index (χ1) is 8.58. The first-order valence-corrected chi connectivity index (χ1v) is 7.76. The summed E-state index contributed by atoms with van der Waals surface area (Å²) in [6.45, 7) is 6.74. The van der Waals surface area contributed by atoms with Gasteiger partial charge in [-0.1, -0.05) is 26.7 Å². The van der Waals surface area contributed by atoms with Gasteiger partial charge in [0.25, 0.3) is 0 Å². The largest absolute Gasteiger partial charge is 0.366 e. The van der Waals surface area contributed by atoms with Gasteiger partial charge in [-0.15, -0.1) is 0 Å². The van der Waals surface area contributed by atoms with Gasteiger partial charge >= 0.3 is 0 Å². The van der Waals surface area contributed by atoms with Gasteiger partial charge < -0.3 is 5.32 Å². The molecule has 1 fully saturated rings. The van der Waals surface area contributed by atoms with Gasteiger partial charge in [-0.3, -0.25) is 0 Å². The van der Waals surface area contributed by atoms with Gasteiger partial charge in [0, 0.05) is 12.2 Å². The Morgan fingerprint density at radius 1 is 1.33 bits per heavy atom. The van der Waals surface area contributed by atoms with Crippen molar-refractivity contribution in [1.29, 1.82) is 0 Å². The number of halogens is 1. The van der Waals surface area contributed by atoms with Gasteiger partial charge in [-0.25, -0.2) is 4.98 Å².